The van der Waals surface area contributed by atoms with Crippen molar-refractivity contribution < 1.29 is 14.2 Å². The summed E-state index contributed by atoms with van der Waals surface area (Å²) in [7, 11) is 3.29. The van der Waals surface area contributed by atoms with Gasteiger partial charge in [-0.3, -0.25) is 0 Å². The Labute approximate surface area is 156 Å². The minimum Gasteiger partial charge on any atom is -0.496 e. The Morgan fingerprint density at radius 1 is 1.29 bits per heavy atom. The van der Waals surface area contributed by atoms with E-state index in [1.807, 2.05) is 12.1 Å². The Balaban J connectivity index is 1.84. The normalized spacial score (nSPS) is 28.5. The molecule has 0 aliphatic heterocycles. The molecule has 0 saturated heterocycles. The fraction of sp³-hybridized carbons (Fsp3) is 0.474. The lowest BCUT2D eigenvalue weighted by Crippen LogP contribution is -2.31. The van der Waals surface area contributed by atoms with Crippen LogP contribution in [-0.2, 0) is 11.3 Å². The molecule has 130 valence electrons. The number of hydrogen-bond acceptors (Lipinski definition) is 3. The zero-order valence-corrected chi connectivity index (χ0v) is 16.5. The van der Waals surface area contributed by atoms with Crippen molar-refractivity contribution in [2.75, 3.05) is 14.2 Å². The van der Waals surface area contributed by atoms with Crippen molar-refractivity contribution in [2.24, 2.45) is 11.3 Å². The Morgan fingerprint density at radius 2 is 2.08 bits per heavy atom. The Bertz CT molecular complexity index is 685. The van der Waals surface area contributed by atoms with Crippen LogP contribution in [0.1, 0.15) is 25.3 Å². The smallest absolute Gasteiger partial charge is 0.142 e. The van der Waals surface area contributed by atoms with Crippen LogP contribution in [-0.4, -0.2) is 20.3 Å². The fourth-order valence-corrected chi connectivity index (χ4v) is 4.53. The van der Waals surface area contributed by atoms with Crippen LogP contribution in [0.4, 0.5) is 0 Å². The minimum absolute atomic E-state index is 0.1000. The molecule has 2 aliphatic carbocycles. The quantitative estimate of drug-likeness (QED) is 0.637. The summed E-state index contributed by atoms with van der Waals surface area (Å²) >= 11 is 10.2. The predicted molar refractivity (Wildman–Crippen MR) is 100 cm³/mol. The van der Waals surface area contributed by atoms with Crippen molar-refractivity contribution in [3.05, 3.63) is 45.4 Å². The average molecular weight is 414 g/mol. The van der Waals surface area contributed by atoms with Crippen LogP contribution >= 0.6 is 27.5 Å². The van der Waals surface area contributed by atoms with E-state index in [1.54, 1.807) is 14.2 Å². The number of ether oxygens (including phenoxy) is 3. The summed E-state index contributed by atoms with van der Waals surface area (Å²) in [4.78, 5) is 0. The number of halogens is 2. The highest BCUT2D eigenvalue weighted by molar-refractivity contribution is 9.11. The van der Waals surface area contributed by atoms with Crippen molar-refractivity contribution in [3.8, 4) is 11.5 Å². The van der Waals surface area contributed by atoms with Crippen molar-refractivity contribution in [1.82, 2.24) is 0 Å². The molecule has 1 aromatic carbocycles. The predicted octanol–water partition coefficient (Wildman–Crippen LogP) is 5.51. The molecule has 3 nitrogen and oxygen atoms in total. The van der Waals surface area contributed by atoms with E-state index in [2.05, 4.69) is 41.1 Å². The summed E-state index contributed by atoms with van der Waals surface area (Å²) in [5.74, 6) is 1.73. The number of benzene rings is 1. The molecule has 1 saturated carbocycles. The second kappa shape index (κ2) is 7.11. The summed E-state index contributed by atoms with van der Waals surface area (Å²) < 4.78 is 18.2. The van der Waals surface area contributed by atoms with Crippen LogP contribution in [0.2, 0.25) is 5.02 Å². The third kappa shape index (κ3) is 3.12. The zero-order chi connectivity index (χ0) is 17.3. The Hall–Kier alpha value is -0.970. The number of rotatable bonds is 5. The van der Waals surface area contributed by atoms with Crippen LogP contribution in [0.5, 0.6) is 11.5 Å². The molecule has 3 rings (SSSR count). The average Bonchev–Trinajstić information content (AvgIpc) is 2.89. The van der Waals surface area contributed by atoms with Gasteiger partial charge in [-0.05, 0) is 18.9 Å². The highest BCUT2D eigenvalue weighted by Crippen LogP contribution is 2.54. The summed E-state index contributed by atoms with van der Waals surface area (Å²) in [6.45, 7) is 2.74. The van der Waals surface area contributed by atoms with Gasteiger partial charge in [0.05, 0.1) is 18.7 Å². The molecule has 0 N–H and O–H groups in total. The maximum atomic E-state index is 6.44. The molecule has 2 unspecified atom stereocenters. The van der Waals surface area contributed by atoms with Gasteiger partial charge >= 0.3 is 0 Å². The van der Waals surface area contributed by atoms with Gasteiger partial charge in [-0.15, -0.1) is 0 Å². The fourth-order valence-electron chi connectivity index (χ4n) is 3.68. The highest BCUT2D eigenvalue weighted by atomic mass is 79.9. The van der Waals surface area contributed by atoms with E-state index in [-0.39, 0.29) is 11.5 Å². The van der Waals surface area contributed by atoms with Gasteiger partial charge in [-0.1, -0.05) is 52.7 Å². The lowest BCUT2D eigenvalue weighted by molar-refractivity contribution is 0.152. The number of fused-ring (bicyclic) bond motifs is 1. The standard InChI is InChI=1S/C19H22BrClO3/c1-19-8-7-15(13(19)5-4-6-18(19)20)24-17-10-16(23-3)12(11-22-2)9-14(17)21/h4-6,9-10,13,15H,7-8,11H2,1-3H3/t13?,15-,19?/m0/s1. The molecule has 0 heterocycles. The molecule has 0 radical (unpaired) electrons. The maximum Gasteiger partial charge on any atom is 0.142 e. The molecular formula is C19H22BrClO3. The molecule has 0 spiro atoms. The van der Waals surface area contributed by atoms with Gasteiger partial charge in [0.2, 0.25) is 0 Å². The molecule has 0 amide bonds. The Kier molecular flexibility index (Phi) is 5.28. The van der Waals surface area contributed by atoms with E-state index in [4.69, 9.17) is 25.8 Å². The van der Waals surface area contributed by atoms with E-state index in [0.29, 0.717) is 23.3 Å². The molecule has 5 heteroatoms. The first kappa shape index (κ1) is 17.8. The van der Waals surface area contributed by atoms with Crippen molar-refractivity contribution in [1.29, 1.82) is 0 Å². The molecule has 24 heavy (non-hydrogen) atoms. The Morgan fingerprint density at radius 3 is 2.79 bits per heavy atom. The molecule has 1 aromatic rings. The van der Waals surface area contributed by atoms with Crippen LogP contribution < -0.4 is 9.47 Å². The summed E-state index contributed by atoms with van der Waals surface area (Å²) in [5.41, 5.74) is 1.02. The van der Waals surface area contributed by atoms with Gasteiger partial charge in [0.1, 0.15) is 17.6 Å². The highest BCUT2D eigenvalue weighted by Gasteiger charge is 2.47. The third-order valence-electron chi connectivity index (χ3n) is 5.10. The van der Waals surface area contributed by atoms with Crippen LogP contribution in [0.3, 0.4) is 0 Å². The lowest BCUT2D eigenvalue weighted by atomic mass is 9.76. The van der Waals surface area contributed by atoms with Gasteiger partial charge in [-0.25, -0.2) is 0 Å². The monoisotopic (exact) mass is 412 g/mol. The number of hydrogen-bond donors (Lipinski definition) is 0. The second-order valence-corrected chi connectivity index (χ2v) is 7.83. The van der Waals surface area contributed by atoms with E-state index >= 15 is 0 Å². The van der Waals surface area contributed by atoms with Crippen molar-refractivity contribution in [2.45, 2.75) is 32.5 Å². The zero-order valence-electron chi connectivity index (χ0n) is 14.1. The van der Waals surface area contributed by atoms with E-state index in [9.17, 15) is 0 Å². The van der Waals surface area contributed by atoms with Crippen molar-refractivity contribution >= 4 is 27.5 Å². The maximum absolute atomic E-state index is 6.44. The first-order chi connectivity index (χ1) is 11.5. The van der Waals surface area contributed by atoms with Gasteiger partial charge < -0.3 is 14.2 Å². The summed E-state index contributed by atoms with van der Waals surface area (Å²) in [6, 6.07) is 3.73. The molecule has 2 aliphatic rings. The number of methoxy groups -OCH3 is 2. The van der Waals surface area contributed by atoms with Gasteiger partial charge in [0, 0.05) is 34.6 Å². The summed E-state index contributed by atoms with van der Waals surface area (Å²) in [6.07, 6.45) is 8.65. The largest absolute Gasteiger partial charge is 0.496 e. The summed E-state index contributed by atoms with van der Waals surface area (Å²) in [5, 5.41) is 0.589. The SMILES string of the molecule is COCc1cc(Cl)c(O[C@H]2CCC3(C)C(Br)=CC=CC23)cc1OC. The molecule has 0 bridgehead atoms. The van der Waals surface area contributed by atoms with E-state index < -0.39 is 0 Å². The molecule has 1 fully saturated rings. The molecular weight excluding hydrogens is 392 g/mol. The molecule has 3 atom stereocenters. The van der Waals surface area contributed by atoms with Gasteiger partial charge in [-0.2, -0.15) is 0 Å². The van der Waals surface area contributed by atoms with Gasteiger partial charge in [0.25, 0.3) is 0 Å². The number of allylic oxidation sites excluding steroid dienone is 3. The topological polar surface area (TPSA) is 27.7 Å². The van der Waals surface area contributed by atoms with Crippen LogP contribution in [0.15, 0.2) is 34.8 Å². The van der Waals surface area contributed by atoms with Gasteiger partial charge in [0.15, 0.2) is 0 Å². The minimum atomic E-state index is 0.1000. The first-order valence-electron chi connectivity index (χ1n) is 8.06. The first-order valence-corrected chi connectivity index (χ1v) is 9.23. The van der Waals surface area contributed by atoms with E-state index in [1.165, 1.54) is 4.48 Å². The van der Waals surface area contributed by atoms with Crippen LogP contribution in [0.25, 0.3) is 0 Å². The molecule has 0 aromatic heterocycles. The second-order valence-electron chi connectivity index (χ2n) is 6.57. The third-order valence-corrected chi connectivity index (χ3v) is 6.57. The van der Waals surface area contributed by atoms with Crippen LogP contribution in [0, 0.1) is 11.3 Å². The van der Waals surface area contributed by atoms with Crippen molar-refractivity contribution in [3.63, 3.8) is 0 Å². The lowest BCUT2D eigenvalue weighted by Gasteiger charge is -2.34. The van der Waals surface area contributed by atoms with E-state index in [0.717, 1.165) is 24.2 Å².